The lowest BCUT2D eigenvalue weighted by atomic mass is 10.2. The quantitative estimate of drug-likeness (QED) is 0.545. The van der Waals surface area contributed by atoms with Crippen molar-refractivity contribution in [2.75, 3.05) is 7.11 Å². The third-order valence-corrected chi connectivity index (χ3v) is 3.67. The molecule has 0 fully saturated rings. The lowest BCUT2D eigenvalue weighted by Crippen LogP contribution is -1.98. The van der Waals surface area contributed by atoms with Gasteiger partial charge in [-0.25, -0.2) is 0 Å². The fourth-order valence-corrected chi connectivity index (χ4v) is 2.68. The van der Waals surface area contributed by atoms with Gasteiger partial charge in [-0.2, -0.15) is 0 Å². The average Bonchev–Trinajstić information content (AvgIpc) is 2.85. The van der Waals surface area contributed by atoms with Crippen molar-refractivity contribution in [3.63, 3.8) is 0 Å². The van der Waals surface area contributed by atoms with Gasteiger partial charge in [0.15, 0.2) is 0 Å². The minimum atomic E-state index is -0.833. The number of nitrogens with zero attached hydrogens (tertiary/aromatic N) is 2. The number of carboxylic acid groups (broad SMARTS) is 1. The van der Waals surface area contributed by atoms with E-state index in [0.29, 0.717) is 22.3 Å². The Morgan fingerprint density at radius 1 is 1.19 bits per heavy atom. The molecule has 0 aliphatic heterocycles. The Hall–Kier alpha value is -3.55. The van der Waals surface area contributed by atoms with Gasteiger partial charge in [0.25, 0.3) is 11.7 Å². The molecule has 0 atom stereocenters. The summed E-state index contributed by atoms with van der Waals surface area (Å²) < 4.78 is 6.88. The SMILES string of the molecule is CC(=O)O.COc1ccc(-n2c(C)c([N+](=O)[O-])c3ccc(O)cc32)cc1. The summed E-state index contributed by atoms with van der Waals surface area (Å²) in [5.41, 5.74) is 1.91. The first kappa shape index (κ1) is 18.8. The van der Waals surface area contributed by atoms with Gasteiger partial charge in [-0.15, -0.1) is 0 Å². The molecule has 8 nitrogen and oxygen atoms in total. The zero-order chi connectivity index (χ0) is 19.4. The van der Waals surface area contributed by atoms with Crippen LogP contribution in [-0.2, 0) is 4.79 Å². The number of aromatic hydroxyl groups is 1. The molecule has 0 spiro atoms. The number of methoxy groups -OCH3 is 1. The van der Waals surface area contributed by atoms with E-state index < -0.39 is 10.9 Å². The maximum absolute atomic E-state index is 11.4. The number of phenolic OH excluding ortho intramolecular Hbond substituents is 1. The minimum absolute atomic E-state index is 0.0471. The molecule has 136 valence electrons. The van der Waals surface area contributed by atoms with Crippen LogP contribution in [0.5, 0.6) is 11.5 Å². The van der Waals surface area contributed by atoms with Gasteiger partial charge in [0.2, 0.25) is 0 Å². The Labute approximate surface area is 149 Å². The van der Waals surface area contributed by atoms with E-state index in [1.807, 2.05) is 12.1 Å². The van der Waals surface area contributed by atoms with Crippen LogP contribution in [0.25, 0.3) is 16.6 Å². The lowest BCUT2D eigenvalue weighted by Gasteiger charge is -2.08. The second-order valence-corrected chi connectivity index (χ2v) is 5.45. The number of aromatic nitrogens is 1. The Bertz CT molecular complexity index is 956. The van der Waals surface area contributed by atoms with E-state index in [-0.39, 0.29) is 11.4 Å². The van der Waals surface area contributed by atoms with Gasteiger partial charge in [0.1, 0.15) is 11.5 Å². The molecule has 3 rings (SSSR count). The summed E-state index contributed by atoms with van der Waals surface area (Å²) in [5, 5.41) is 29.0. The number of rotatable bonds is 3. The van der Waals surface area contributed by atoms with Crippen molar-refractivity contribution in [2.45, 2.75) is 13.8 Å². The number of hydrogen-bond acceptors (Lipinski definition) is 5. The zero-order valence-corrected chi connectivity index (χ0v) is 14.5. The van der Waals surface area contributed by atoms with Crippen LogP contribution in [0.1, 0.15) is 12.6 Å². The molecule has 26 heavy (non-hydrogen) atoms. The first-order valence-corrected chi connectivity index (χ1v) is 7.58. The normalized spacial score (nSPS) is 10.1. The summed E-state index contributed by atoms with van der Waals surface area (Å²) in [6, 6.07) is 11.8. The van der Waals surface area contributed by atoms with Gasteiger partial charge in [-0.3, -0.25) is 14.9 Å². The number of carboxylic acids is 1. The van der Waals surface area contributed by atoms with Crippen LogP contribution in [0.4, 0.5) is 5.69 Å². The molecular formula is C18H18N2O6. The van der Waals surface area contributed by atoms with Crippen LogP contribution in [0.3, 0.4) is 0 Å². The number of ether oxygens (including phenoxy) is 1. The van der Waals surface area contributed by atoms with Gasteiger partial charge >= 0.3 is 0 Å². The molecule has 2 aromatic carbocycles. The van der Waals surface area contributed by atoms with E-state index in [0.717, 1.165) is 12.6 Å². The molecule has 0 bridgehead atoms. The monoisotopic (exact) mass is 358 g/mol. The topological polar surface area (TPSA) is 115 Å². The molecule has 8 heteroatoms. The largest absolute Gasteiger partial charge is 0.508 e. The fraction of sp³-hybridized carbons (Fsp3) is 0.167. The van der Waals surface area contributed by atoms with E-state index in [2.05, 4.69) is 0 Å². The van der Waals surface area contributed by atoms with Crippen molar-refractivity contribution in [1.29, 1.82) is 0 Å². The first-order valence-electron chi connectivity index (χ1n) is 7.58. The maximum Gasteiger partial charge on any atom is 0.300 e. The third-order valence-electron chi connectivity index (χ3n) is 3.67. The Kier molecular flexibility index (Phi) is 5.46. The summed E-state index contributed by atoms with van der Waals surface area (Å²) in [5.74, 6) is -0.0649. The van der Waals surface area contributed by atoms with Crippen molar-refractivity contribution in [2.24, 2.45) is 0 Å². The molecule has 0 aliphatic carbocycles. The minimum Gasteiger partial charge on any atom is -0.508 e. The molecule has 0 saturated carbocycles. The van der Waals surface area contributed by atoms with Crippen molar-refractivity contribution in [3.8, 4) is 17.2 Å². The molecule has 0 amide bonds. The molecule has 0 unspecified atom stereocenters. The number of aliphatic carboxylic acids is 1. The van der Waals surface area contributed by atoms with Crippen molar-refractivity contribution in [1.82, 2.24) is 4.57 Å². The van der Waals surface area contributed by atoms with Gasteiger partial charge in [-0.1, -0.05) is 0 Å². The Balaban J connectivity index is 0.000000552. The predicted octanol–water partition coefficient (Wildman–Crippen LogP) is 3.65. The summed E-state index contributed by atoms with van der Waals surface area (Å²) in [6.07, 6.45) is 0. The van der Waals surface area contributed by atoms with Gasteiger partial charge in [-0.05, 0) is 43.3 Å². The second-order valence-electron chi connectivity index (χ2n) is 5.45. The molecule has 3 aromatic rings. The summed E-state index contributed by atoms with van der Waals surface area (Å²) in [4.78, 5) is 20.0. The standard InChI is InChI=1S/C16H14N2O4.C2H4O2/c1-10-16(18(20)21)14-8-5-12(19)9-15(14)17(10)11-3-6-13(22-2)7-4-11;1-2(3)4/h3-9,19H,1-2H3;1H3,(H,3,4). The number of benzene rings is 2. The van der Waals surface area contributed by atoms with Crippen molar-refractivity contribution < 1.29 is 24.7 Å². The van der Waals surface area contributed by atoms with E-state index in [1.165, 1.54) is 12.1 Å². The van der Waals surface area contributed by atoms with Gasteiger partial charge < -0.3 is 19.5 Å². The van der Waals surface area contributed by atoms with Crippen LogP contribution >= 0.6 is 0 Å². The second kappa shape index (κ2) is 7.56. The first-order chi connectivity index (χ1) is 12.3. The molecule has 0 saturated heterocycles. The molecule has 1 aromatic heterocycles. The van der Waals surface area contributed by atoms with Crippen LogP contribution in [0.2, 0.25) is 0 Å². The molecule has 1 heterocycles. The number of carbonyl (C=O) groups is 1. The molecular weight excluding hydrogens is 340 g/mol. The summed E-state index contributed by atoms with van der Waals surface area (Å²) in [7, 11) is 1.58. The van der Waals surface area contributed by atoms with E-state index >= 15 is 0 Å². The Morgan fingerprint density at radius 2 is 1.77 bits per heavy atom. The van der Waals surface area contributed by atoms with Crippen LogP contribution < -0.4 is 4.74 Å². The van der Waals surface area contributed by atoms with E-state index in [9.17, 15) is 15.2 Å². The highest BCUT2D eigenvalue weighted by molar-refractivity contribution is 5.93. The summed E-state index contributed by atoms with van der Waals surface area (Å²) in [6.45, 7) is 2.78. The molecule has 0 aliphatic rings. The Morgan fingerprint density at radius 3 is 2.27 bits per heavy atom. The highest BCUT2D eigenvalue weighted by Gasteiger charge is 2.24. The lowest BCUT2D eigenvalue weighted by molar-refractivity contribution is -0.383. The fourth-order valence-electron chi connectivity index (χ4n) is 2.68. The third kappa shape index (κ3) is 3.75. The van der Waals surface area contributed by atoms with Crippen LogP contribution in [-0.4, -0.2) is 32.8 Å². The van der Waals surface area contributed by atoms with Crippen LogP contribution in [0, 0.1) is 17.0 Å². The van der Waals surface area contributed by atoms with Gasteiger partial charge in [0, 0.05) is 18.7 Å². The number of phenols is 1. The van der Waals surface area contributed by atoms with Crippen molar-refractivity contribution in [3.05, 3.63) is 58.3 Å². The highest BCUT2D eigenvalue weighted by Crippen LogP contribution is 2.36. The van der Waals surface area contributed by atoms with Crippen molar-refractivity contribution >= 4 is 22.6 Å². The number of fused-ring (bicyclic) bond motifs is 1. The highest BCUT2D eigenvalue weighted by atomic mass is 16.6. The van der Waals surface area contributed by atoms with E-state index in [1.54, 1.807) is 36.8 Å². The zero-order valence-electron chi connectivity index (χ0n) is 14.5. The number of nitro groups is 1. The smallest absolute Gasteiger partial charge is 0.300 e. The molecule has 2 N–H and O–H groups in total. The van der Waals surface area contributed by atoms with Crippen LogP contribution in [0.15, 0.2) is 42.5 Å². The van der Waals surface area contributed by atoms with E-state index in [4.69, 9.17) is 14.6 Å². The predicted molar refractivity (Wildman–Crippen MR) is 96.2 cm³/mol. The summed E-state index contributed by atoms with van der Waals surface area (Å²) >= 11 is 0. The van der Waals surface area contributed by atoms with Gasteiger partial charge in [0.05, 0.1) is 28.6 Å². The molecule has 0 radical (unpaired) electrons. The maximum atomic E-state index is 11.4. The average molecular weight is 358 g/mol. The number of hydrogen-bond donors (Lipinski definition) is 2.